The van der Waals surface area contributed by atoms with E-state index in [-0.39, 0.29) is 18.6 Å². The second-order valence-corrected chi connectivity index (χ2v) is 8.11. The van der Waals surface area contributed by atoms with Crippen molar-refractivity contribution in [2.45, 2.75) is 12.8 Å². The molecule has 0 fully saturated rings. The first-order valence-corrected chi connectivity index (χ1v) is 10.9. The highest BCUT2D eigenvalue weighted by molar-refractivity contribution is 6.24. The summed E-state index contributed by atoms with van der Waals surface area (Å²) in [4.78, 5) is 25.4. The highest BCUT2D eigenvalue weighted by atomic mass is 16.7. The van der Waals surface area contributed by atoms with E-state index in [0.29, 0.717) is 41.4 Å². The van der Waals surface area contributed by atoms with Gasteiger partial charge in [0, 0.05) is 26.1 Å². The van der Waals surface area contributed by atoms with Gasteiger partial charge >= 0.3 is 0 Å². The summed E-state index contributed by atoms with van der Waals surface area (Å²) in [6.07, 6.45) is 2.75. The van der Waals surface area contributed by atoms with Crippen molar-refractivity contribution in [3.63, 3.8) is 0 Å². The monoisotopic (exact) mass is 458 g/mol. The number of aryl methyl sites for hydroxylation is 1. The van der Waals surface area contributed by atoms with Crippen molar-refractivity contribution >= 4 is 23.5 Å². The number of likely N-dealkylation sites (N-methyl/N-ethyl adjacent to an activating group) is 1. The van der Waals surface area contributed by atoms with Crippen LogP contribution in [0, 0.1) is 0 Å². The third-order valence-electron chi connectivity index (χ3n) is 5.33. The van der Waals surface area contributed by atoms with Gasteiger partial charge in [-0.3, -0.25) is 9.59 Å². The Bertz CT molecular complexity index is 1210. The van der Waals surface area contributed by atoms with Gasteiger partial charge in [-0.25, -0.2) is 0 Å². The number of rotatable bonds is 8. The quantitative estimate of drug-likeness (QED) is 0.402. The van der Waals surface area contributed by atoms with Crippen molar-refractivity contribution in [1.82, 2.24) is 4.90 Å². The van der Waals surface area contributed by atoms with Gasteiger partial charge < -0.3 is 24.8 Å². The Balaban J connectivity index is 1.52. The molecule has 1 aliphatic rings. The third-order valence-corrected chi connectivity index (χ3v) is 5.33. The minimum Gasteiger partial charge on any atom is -0.457 e. The Hall–Kier alpha value is -4.26. The Morgan fingerprint density at radius 1 is 0.941 bits per heavy atom. The first kappa shape index (κ1) is 22.9. The van der Waals surface area contributed by atoms with E-state index in [4.69, 9.17) is 19.9 Å². The number of primary amides is 1. The molecule has 0 saturated heterocycles. The van der Waals surface area contributed by atoms with E-state index in [9.17, 15) is 9.59 Å². The van der Waals surface area contributed by atoms with Crippen LogP contribution in [0.5, 0.6) is 23.0 Å². The maximum absolute atomic E-state index is 12.9. The highest BCUT2D eigenvalue weighted by Crippen LogP contribution is 2.34. The first-order chi connectivity index (χ1) is 16.4. The van der Waals surface area contributed by atoms with E-state index in [1.165, 1.54) is 0 Å². The van der Waals surface area contributed by atoms with Crippen LogP contribution in [-0.4, -0.2) is 37.6 Å². The molecule has 3 aromatic carbocycles. The molecule has 0 aliphatic carbocycles. The number of hydrogen-bond donors (Lipinski definition) is 1. The van der Waals surface area contributed by atoms with Crippen LogP contribution in [0.4, 0.5) is 0 Å². The first-order valence-electron chi connectivity index (χ1n) is 10.9. The molecule has 0 unspecified atom stereocenters. The van der Waals surface area contributed by atoms with Crippen LogP contribution in [0.3, 0.4) is 0 Å². The third kappa shape index (κ3) is 5.56. The topological polar surface area (TPSA) is 91.1 Å². The maximum atomic E-state index is 12.9. The van der Waals surface area contributed by atoms with E-state index >= 15 is 0 Å². The van der Waals surface area contributed by atoms with Crippen LogP contribution >= 0.6 is 0 Å². The van der Waals surface area contributed by atoms with Gasteiger partial charge in [0.05, 0.1) is 0 Å². The SMILES string of the molecule is CN(C)C(=O)C(=Cc1ccc2c(c1)OCO2)c1ccc(Oc2ccc(CCC(N)=O)cc2)cc1. The van der Waals surface area contributed by atoms with Crippen LogP contribution in [0.15, 0.2) is 66.7 Å². The fourth-order valence-corrected chi connectivity index (χ4v) is 3.51. The zero-order valence-corrected chi connectivity index (χ0v) is 19.1. The van der Waals surface area contributed by atoms with Crippen molar-refractivity contribution < 1.29 is 23.8 Å². The molecule has 0 atom stereocenters. The molecule has 174 valence electrons. The fraction of sp³-hybridized carbons (Fsp3) is 0.185. The summed E-state index contributed by atoms with van der Waals surface area (Å²) >= 11 is 0. The van der Waals surface area contributed by atoms with Gasteiger partial charge in [0.15, 0.2) is 11.5 Å². The second kappa shape index (κ2) is 10.1. The van der Waals surface area contributed by atoms with E-state index in [2.05, 4.69) is 0 Å². The molecule has 3 aromatic rings. The molecule has 0 aromatic heterocycles. The fourth-order valence-electron chi connectivity index (χ4n) is 3.51. The predicted molar refractivity (Wildman–Crippen MR) is 130 cm³/mol. The average molecular weight is 459 g/mol. The van der Waals surface area contributed by atoms with Crippen molar-refractivity contribution in [3.05, 3.63) is 83.4 Å². The number of benzene rings is 3. The van der Waals surface area contributed by atoms with Gasteiger partial charge in [-0.2, -0.15) is 0 Å². The molecule has 0 radical (unpaired) electrons. The van der Waals surface area contributed by atoms with Crippen LogP contribution in [-0.2, 0) is 16.0 Å². The summed E-state index contributed by atoms with van der Waals surface area (Å²) in [5, 5.41) is 0. The minimum atomic E-state index is -0.319. The molecule has 0 bridgehead atoms. The number of carbonyl (C=O) groups excluding carboxylic acids is 2. The van der Waals surface area contributed by atoms with E-state index in [1.54, 1.807) is 19.0 Å². The molecule has 2 N–H and O–H groups in total. The predicted octanol–water partition coefficient (Wildman–Crippen LogP) is 4.25. The lowest BCUT2D eigenvalue weighted by molar-refractivity contribution is -0.122. The summed E-state index contributed by atoms with van der Waals surface area (Å²) in [5.41, 5.74) is 8.38. The Labute approximate surface area is 198 Å². The molecule has 4 rings (SSSR count). The lowest BCUT2D eigenvalue weighted by Gasteiger charge is -2.15. The highest BCUT2D eigenvalue weighted by Gasteiger charge is 2.17. The van der Waals surface area contributed by atoms with E-state index < -0.39 is 0 Å². The molecule has 7 nitrogen and oxygen atoms in total. The lowest BCUT2D eigenvalue weighted by Crippen LogP contribution is -2.22. The van der Waals surface area contributed by atoms with Crippen molar-refractivity contribution in [3.8, 4) is 23.0 Å². The number of hydrogen-bond acceptors (Lipinski definition) is 5. The molecular formula is C27H26N2O5. The molecule has 0 spiro atoms. The average Bonchev–Trinajstić information content (AvgIpc) is 3.30. The van der Waals surface area contributed by atoms with Gasteiger partial charge in [-0.15, -0.1) is 0 Å². The normalized spacial score (nSPS) is 12.4. The molecule has 1 heterocycles. The number of nitrogens with two attached hydrogens (primary N) is 1. The van der Waals surface area contributed by atoms with Crippen molar-refractivity contribution in [2.24, 2.45) is 5.73 Å². The molecule has 0 saturated carbocycles. The lowest BCUT2D eigenvalue weighted by atomic mass is 10.0. The summed E-state index contributed by atoms with van der Waals surface area (Å²) in [6, 6.07) is 20.5. The molecular weight excluding hydrogens is 432 g/mol. The Kier molecular flexibility index (Phi) is 6.82. The van der Waals surface area contributed by atoms with Gasteiger partial charge in [0.1, 0.15) is 11.5 Å². The summed E-state index contributed by atoms with van der Waals surface area (Å²) < 4.78 is 16.8. The number of amides is 2. The van der Waals surface area contributed by atoms with E-state index in [1.807, 2.05) is 72.8 Å². The largest absolute Gasteiger partial charge is 0.457 e. The Morgan fingerprint density at radius 2 is 1.59 bits per heavy atom. The molecule has 7 heteroatoms. The Morgan fingerprint density at radius 3 is 2.24 bits per heavy atom. The molecule has 34 heavy (non-hydrogen) atoms. The minimum absolute atomic E-state index is 0.113. The zero-order chi connectivity index (χ0) is 24.1. The van der Waals surface area contributed by atoms with Crippen LogP contribution in [0.25, 0.3) is 11.6 Å². The van der Waals surface area contributed by atoms with Crippen molar-refractivity contribution in [1.29, 1.82) is 0 Å². The van der Waals surface area contributed by atoms with Gasteiger partial charge in [0.2, 0.25) is 12.7 Å². The van der Waals surface area contributed by atoms with Crippen LogP contribution in [0.1, 0.15) is 23.1 Å². The number of ether oxygens (including phenoxy) is 3. The van der Waals surface area contributed by atoms with Crippen LogP contribution in [0.2, 0.25) is 0 Å². The second-order valence-electron chi connectivity index (χ2n) is 8.11. The van der Waals surface area contributed by atoms with Gasteiger partial charge in [-0.1, -0.05) is 30.3 Å². The van der Waals surface area contributed by atoms with Gasteiger partial charge in [-0.05, 0) is 65.6 Å². The summed E-state index contributed by atoms with van der Waals surface area (Å²) in [6.45, 7) is 0.198. The smallest absolute Gasteiger partial charge is 0.253 e. The standard InChI is InChI=1S/C27H26N2O5/c1-29(2)27(31)23(15-19-5-13-24-25(16-19)33-17-32-24)20-7-11-22(12-8-20)34-21-9-3-18(4-10-21)6-14-26(28)30/h3-5,7-13,15-16H,6,14,17H2,1-2H3,(H2,28,30). The molecule has 2 amide bonds. The van der Waals surface area contributed by atoms with Crippen molar-refractivity contribution in [2.75, 3.05) is 20.9 Å². The zero-order valence-electron chi connectivity index (χ0n) is 19.1. The number of nitrogens with zero attached hydrogens (tertiary/aromatic N) is 1. The maximum Gasteiger partial charge on any atom is 0.253 e. The van der Waals surface area contributed by atoms with Gasteiger partial charge in [0.25, 0.3) is 5.91 Å². The summed E-state index contributed by atoms with van der Waals surface area (Å²) in [5.74, 6) is 2.25. The van der Waals surface area contributed by atoms with E-state index in [0.717, 1.165) is 16.7 Å². The molecule has 1 aliphatic heterocycles. The number of fused-ring (bicyclic) bond motifs is 1. The summed E-state index contributed by atoms with van der Waals surface area (Å²) in [7, 11) is 3.45. The van der Waals surface area contributed by atoms with Crippen LogP contribution < -0.4 is 19.9 Å². The number of carbonyl (C=O) groups is 2.